The summed E-state index contributed by atoms with van der Waals surface area (Å²) in [6, 6.07) is 8.23. The van der Waals surface area contributed by atoms with Gasteiger partial charge >= 0.3 is 0 Å². The minimum atomic E-state index is -0.0784. The Kier molecular flexibility index (Phi) is 2.40. The molecule has 0 spiro atoms. The normalized spacial score (nSPS) is 11.9. The van der Waals surface area contributed by atoms with Gasteiger partial charge in [0.25, 0.3) is 0 Å². The Bertz CT molecular complexity index is 457. The fraction of sp³-hybridized carbons (Fsp3) is 0.333. The van der Waals surface area contributed by atoms with Gasteiger partial charge < -0.3 is 16.0 Å². The maximum absolute atomic E-state index is 5.69. The Balaban J connectivity index is 2.37. The fourth-order valence-electron chi connectivity index (χ4n) is 1.59. The van der Waals surface area contributed by atoms with Gasteiger partial charge in [0.15, 0.2) is 0 Å². The monoisotopic (exact) mass is 203 g/mol. The highest BCUT2D eigenvalue weighted by atomic mass is 15.0. The molecule has 0 amide bonds. The van der Waals surface area contributed by atoms with Crippen LogP contribution < -0.4 is 11.1 Å². The molecule has 1 aromatic heterocycles. The Morgan fingerprint density at radius 2 is 2.07 bits per heavy atom. The van der Waals surface area contributed by atoms with Crippen molar-refractivity contribution in [3.05, 3.63) is 30.5 Å². The van der Waals surface area contributed by atoms with E-state index >= 15 is 0 Å². The molecule has 0 saturated heterocycles. The fourth-order valence-corrected chi connectivity index (χ4v) is 1.59. The van der Waals surface area contributed by atoms with Crippen molar-refractivity contribution in [1.82, 2.24) is 4.98 Å². The third-order valence-electron chi connectivity index (χ3n) is 2.57. The first kappa shape index (κ1) is 10.1. The first-order chi connectivity index (χ1) is 7.12. The van der Waals surface area contributed by atoms with Crippen molar-refractivity contribution in [1.29, 1.82) is 0 Å². The van der Waals surface area contributed by atoms with Crippen LogP contribution in [0.1, 0.15) is 13.8 Å². The highest BCUT2D eigenvalue weighted by molar-refractivity contribution is 5.92. The second-order valence-electron chi connectivity index (χ2n) is 4.46. The molecule has 0 aliphatic heterocycles. The van der Waals surface area contributed by atoms with Gasteiger partial charge in [-0.1, -0.05) is 18.2 Å². The number of rotatable bonds is 3. The summed E-state index contributed by atoms with van der Waals surface area (Å²) in [5, 5.41) is 4.64. The summed E-state index contributed by atoms with van der Waals surface area (Å²) in [6.07, 6.45) is 1.99. The van der Waals surface area contributed by atoms with Crippen molar-refractivity contribution in [3.8, 4) is 0 Å². The SMILES string of the molecule is CC(C)(CN)Nc1c[nH]c2ccccc12. The van der Waals surface area contributed by atoms with Crippen molar-refractivity contribution in [2.45, 2.75) is 19.4 Å². The zero-order valence-electron chi connectivity index (χ0n) is 9.17. The number of H-pyrrole nitrogens is 1. The number of aromatic nitrogens is 1. The van der Waals surface area contributed by atoms with Crippen LogP contribution in [0.4, 0.5) is 5.69 Å². The smallest absolute Gasteiger partial charge is 0.0602 e. The summed E-state index contributed by atoms with van der Waals surface area (Å²) in [4.78, 5) is 3.23. The molecule has 3 heteroatoms. The van der Waals surface area contributed by atoms with Crippen molar-refractivity contribution in [3.63, 3.8) is 0 Å². The molecule has 0 unspecified atom stereocenters. The Morgan fingerprint density at radius 3 is 2.80 bits per heavy atom. The van der Waals surface area contributed by atoms with Gasteiger partial charge in [-0.2, -0.15) is 0 Å². The number of aromatic amines is 1. The maximum Gasteiger partial charge on any atom is 0.0602 e. The van der Waals surface area contributed by atoms with E-state index in [1.165, 1.54) is 5.39 Å². The molecular weight excluding hydrogens is 186 g/mol. The van der Waals surface area contributed by atoms with Crippen molar-refractivity contribution >= 4 is 16.6 Å². The number of nitrogens with one attached hydrogen (secondary N) is 2. The molecule has 1 heterocycles. The number of benzene rings is 1. The zero-order chi connectivity index (χ0) is 10.9. The highest BCUT2D eigenvalue weighted by Gasteiger charge is 2.16. The van der Waals surface area contributed by atoms with Crippen LogP contribution >= 0.6 is 0 Å². The van der Waals surface area contributed by atoms with Crippen LogP contribution in [0.5, 0.6) is 0 Å². The van der Waals surface area contributed by atoms with Gasteiger partial charge in [-0.15, -0.1) is 0 Å². The third kappa shape index (κ3) is 1.97. The lowest BCUT2D eigenvalue weighted by Crippen LogP contribution is -2.39. The minimum Gasteiger partial charge on any atom is -0.377 e. The molecule has 2 rings (SSSR count). The molecule has 0 bridgehead atoms. The summed E-state index contributed by atoms with van der Waals surface area (Å²) in [5.41, 5.74) is 7.87. The number of nitrogens with two attached hydrogens (primary N) is 1. The summed E-state index contributed by atoms with van der Waals surface area (Å²) < 4.78 is 0. The minimum absolute atomic E-state index is 0.0784. The highest BCUT2D eigenvalue weighted by Crippen LogP contribution is 2.24. The quantitative estimate of drug-likeness (QED) is 0.717. The van der Waals surface area contributed by atoms with Gasteiger partial charge in [0.05, 0.1) is 5.69 Å². The third-order valence-corrected chi connectivity index (χ3v) is 2.57. The molecule has 0 fully saturated rings. The van der Waals surface area contributed by atoms with Crippen molar-refractivity contribution in [2.75, 3.05) is 11.9 Å². The van der Waals surface area contributed by atoms with Gasteiger partial charge in [0.1, 0.15) is 0 Å². The van der Waals surface area contributed by atoms with Gasteiger partial charge in [-0.3, -0.25) is 0 Å². The van der Waals surface area contributed by atoms with E-state index in [0.29, 0.717) is 6.54 Å². The standard InChI is InChI=1S/C12H17N3/c1-12(2,8-13)15-11-7-14-10-6-4-3-5-9(10)11/h3-7,14-15H,8,13H2,1-2H3. The van der Waals surface area contributed by atoms with Gasteiger partial charge in [0.2, 0.25) is 0 Å². The van der Waals surface area contributed by atoms with Crippen molar-refractivity contribution in [2.24, 2.45) is 5.73 Å². The zero-order valence-corrected chi connectivity index (χ0v) is 9.17. The molecule has 0 aliphatic carbocycles. The predicted octanol–water partition coefficient (Wildman–Crippen LogP) is 2.32. The van der Waals surface area contributed by atoms with Crippen LogP contribution in [0.15, 0.2) is 30.5 Å². The summed E-state index contributed by atoms with van der Waals surface area (Å²) in [5.74, 6) is 0. The van der Waals surface area contributed by atoms with E-state index in [1.54, 1.807) is 0 Å². The predicted molar refractivity (Wildman–Crippen MR) is 65.1 cm³/mol. The van der Waals surface area contributed by atoms with Crippen molar-refractivity contribution < 1.29 is 0 Å². The number of para-hydroxylation sites is 1. The average molecular weight is 203 g/mol. The number of hydrogen-bond donors (Lipinski definition) is 3. The average Bonchev–Trinajstić information content (AvgIpc) is 2.62. The largest absolute Gasteiger partial charge is 0.377 e. The molecule has 0 aliphatic rings. The Hall–Kier alpha value is -1.48. The number of fused-ring (bicyclic) bond motifs is 1. The van der Waals surface area contributed by atoms with E-state index in [9.17, 15) is 0 Å². The van der Waals surface area contributed by atoms with Crippen LogP contribution in [0.2, 0.25) is 0 Å². The lowest BCUT2D eigenvalue weighted by atomic mass is 10.1. The Morgan fingerprint density at radius 1 is 1.33 bits per heavy atom. The van der Waals surface area contributed by atoms with Gasteiger partial charge in [-0.05, 0) is 19.9 Å². The molecule has 4 N–H and O–H groups in total. The van der Waals surface area contributed by atoms with Crippen LogP contribution in [0.25, 0.3) is 10.9 Å². The second-order valence-corrected chi connectivity index (χ2v) is 4.46. The summed E-state index contributed by atoms with van der Waals surface area (Å²) in [6.45, 7) is 4.79. The summed E-state index contributed by atoms with van der Waals surface area (Å²) in [7, 11) is 0. The van der Waals surface area contributed by atoms with E-state index in [2.05, 4.69) is 36.3 Å². The lowest BCUT2D eigenvalue weighted by Gasteiger charge is -2.25. The second kappa shape index (κ2) is 3.59. The van der Waals surface area contributed by atoms with E-state index in [-0.39, 0.29) is 5.54 Å². The van der Waals surface area contributed by atoms with Gasteiger partial charge in [-0.25, -0.2) is 0 Å². The molecular formula is C12H17N3. The first-order valence-electron chi connectivity index (χ1n) is 5.17. The molecule has 2 aromatic rings. The van der Waals surface area contributed by atoms with E-state index in [0.717, 1.165) is 11.2 Å². The van der Waals surface area contributed by atoms with E-state index in [4.69, 9.17) is 5.73 Å². The number of hydrogen-bond acceptors (Lipinski definition) is 2. The maximum atomic E-state index is 5.69. The van der Waals surface area contributed by atoms with E-state index < -0.39 is 0 Å². The van der Waals surface area contributed by atoms with Crippen LogP contribution in [-0.2, 0) is 0 Å². The Labute approximate surface area is 89.7 Å². The molecule has 0 radical (unpaired) electrons. The lowest BCUT2D eigenvalue weighted by molar-refractivity contribution is 0.581. The first-order valence-corrected chi connectivity index (χ1v) is 5.17. The van der Waals surface area contributed by atoms with Gasteiger partial charge in [0, 0.05) is 29.2 Å². The molecule has 0 atom stereocenters. The molecule has 1 aromatic carbocycles. The molecule has 15 heavy (non-hydrogen) atoms. The summed E-state index contributed by atoms with van der Waals surface area (Å²) >= 11 is 0. The van der Waals surface area contributed by atoms with E-state index in [1.807, 2.05) is 18.3 Å². The van der Waals surface area contributed by atoms with Crippen LogP contribution in [0, 0.1) is 0 Å². The number of anilines is 1. The molecule has 0 saturated carbocycles. The van der Waals surface area contributed by atoms with Crippen LogP contribution in [-0.4, -0.2) is 17.1 Å². The topological polar surface area (TPSA) is 53.8 Å². The molecule has 3 nitrogen and oxygen atoms in total. The van der Waals surface area contributed by atoms with Crippen LogP contribution in [0.3, 0.4) is 0 Å². The molecule has 80 valence electrons.